The molecular formula is C15H23BrN2O2. The molecule has 0 heterocycles. The first-order valence-electron chi connectivity index (χ1n) is 6.64. The molecule has 5 heteroatoms. The minimum Gasteiger partial charge on any atom is -0.481 e. The smallest absolute Gasteiger partial charge is 0.261 e. The number of hydrogen-bond donors (Lipinski definition) is 2. The number of ether oxygens (including phenoxy) is 1. The van der Waals surface area contributed by atoms with E-state index in [0.29, 0.717) is 5.75 Å². The Morgan fingerprint density at radius 1 is 1.35 bits per heavy atom. The summed E-state index contributed by atoms with van der Waals surface area (Å²) in [4.78, 5) is 12.0. The maximum absolute atomic E-state index is 12.0. The second kappa shape index (κ2) is 6.59. The first kappa shape index (κ1) is 17.0. The molecule has 2 atom stereocenters. The summed E-state index contributed by atoms with van der Waals surface area (Å²) in [6.45, 7) is 9.42. The summed E-state index contributed by atoms with van der Waals surface area (Å²) in [5.74, 6) is 0.496. The topological polar surface area (TPSA) is 64.3 Å². The zero-order valence-corrected chi connectivity index (χ0v) is 14.2. The number of carbonyl (C=O) groups excluding carboxylic acids is 1. The van der Waals surface area contributed by atoms with E-state index in [1.807, 2.05) is 45.9 Å². The summed E-state index contributed by atoms with van der Waals surface area (Å²) in [7, 11) is 0. The van der Waals surface area contributed by atoms with Gasteiger partial charge >= 0.3 is 0 Å². The summed E-state index contributed by atoms with van der Waals surface area (Å²) < 4.78 is 6.69. The lowest BCUT2D eigenvalue weighted by Crippen LogP contribution is -2.46. The number of amides is 1. The maximum atomic E-state index is 12.0. The molecule has 0 aliphatic rings. The highest BCUT2D eigenvalue weighted by Crippen LogP contribution is 2.28. The third-order valence-electron chi connectivity index (χ3n) is 2.63. The van der Waals surface area contributed by atoms with Crippen LogP contribution in [0.15, 0.2) is 22.7 Å². The largest absolute Gasteiger partial charge is 0.481 e. The summed E-state index contributed by atoms with van der Waals surface area (Å²) in [6.07, 6.45) is -0.576. The fourth-order valence-electron chi connectivity index (χ4n) is 1.70. The number of benzene rings is 1. The van der Waals surface area contributed by atoms with Gasteiger partial charge in [0.25, 0.3) is 5.91 Å². The Labute approximate surface area is 129 Å². The monoisotopic (exact) mass is 342 g/mol. The van der Waals surface area contributed by atoms with E-state index < -0.39 is 6.10 Å². The lowest BCUT2D eigenvalue weighted by molar-refractivity contribution is -0.128. The molecule has 1 amide bonds. The number of nitrogens with one attached hydrogen (secondary N) is 1. The molecule has 0 spiro atoms. The van der Waals surface area contributed by atoms with Crippen LogP contribution in [0.5, 0.6) is 5.75 Å². The fraction of sp³-hybridized carbons (Fsp3) is 0.533. The van der Waals surface area contributed by atoms with Crippen molar-refractivity contribution in [2.24, 2.45) is 5.73 Å². The van der Waals surface area contributed by atoms with Crippen LogP contribution >= 0.6 is 15.9 Å². The standard InChI is InChI=1S/C15H23BrN2O2/c1-9(17)12-8-11(16)6-7-13(12)20-10(2)14(19)18-15(3,4)5/h6-10H,17H2,1-5H3,(H,18,19)/t9-,10?/m1/s1. The van der Waals surface area contributed by atoms with Gasteiger partial charge in [0.2, 0.25) is 0 Å². The van der Waals surface area contributed by atoms with Crippen molar-refractivity contribution in [3.63, 3.8) is 0 Å². The van der Waals surface area contributed by atoms with E-state index in [1.54, 1.807) is 6.92 Å². The number of nitrogens with two attached hydrogens (primary N) is 1. The number of carbonyl (C=O) groups is 1. The quantitative estimate of drug-likeness (QED) is 0.883. The van der Waals surface area contributed by atoms with Crippen LogP contribution in [0.3, 0.4) is 0 Å². The third-order valence-corrected chi connectivity index (χ3v) is 3.13. The van der Waals surface area contributed by atoms with Crippen LogP contribution in [0, 0.1) is 0 Å². The molecule has 1 aromatic rings. The van der Waals surface area contributed by atoms with E-state index in [0.717, 1.165) is 10.0 Å². The van der Waals surface area contributed by atoms with Gasteiger partial charge in [-0.15, -0.1) is 0 Å². The molecule has 0 aliphatic heterocycles. The van der Waals surface area contributed by atoms with Crippen LogP contribution in [0.2, 0.25) is 0 Å². The molecule has 112 valence electrons. The van der Waals surface area contributed by atoms with Gasteiger partial charge in [-0.05, 0) is 52.8 Å². The van der Waals surface area contributed by atoms with Gasteiger partial charge in [-0.2, -0.15) is 0 Å². The molecule has 0 aromatic heterocycles. The Hall–Kier alpha value is -1.07. The van der Waals surface area contributed by atoms with Gasteiger partial charge in [0, 0.05) is 21.6 Å². The zero-order chi connectivity index (χ0) is 15.5. The highest BCUT2D eigenvalue weighted by molar-refractivity contribution is 9.10. The van der Waals surface area contributed by atoms with Gasteiger partial charge < -0.3 is 15.8 Å². The van der Waals surface area contributed by atoms with Crippen molar-refractivity contribution in [2.45, 2.75) is 52.3 Å². The predicted molar refractivity (Wildman–Crippen MR) is 84.7 cm³/mol. The minimum atomic E-state index is -0.576. The van der Waals surface area contributed by atoms with Crippen molar-refractivity contribution >= 4 is 21.8 Å². The molecule has 0 bridgehead atoms. The molecule has 20 heavy (non-hydrogen) atoms. The summed E-state index contributed by atoms with van der Waals surface area (Å²) in [5, 5.41) is 2.89. The van der Waals surface area contributed by atoms with E-state index in [2.05, 4.69) is 21.2 Å². The van der Waals surface area contributed by atoms with E-state index in [4.69, 9.17) is 10.5 Å². The number of rotatable bonds is 4. The van der Waals surface area contributed by atoms with Gasteiger partial charge in [-0.25, -0.2) is 0 Å². The van der Waals surface area contributed by atoms with Crippen molar-refractivity contribution in [3.05, 3.63) is 28.2 Å². The Morgan fingerprint density at radius 2 is 1.95 bits per heavy atom. The predicted octanol–water partition coefficient (Wildman–Crippen LogP) is 3.15. The molecule has 1 rings (SSSR count). The van der Waals surface area contributed by atoms with Crippen molar-refractivity contribution in [1.82, 2.24) is 5.32 Å². The Morgan fingerprint density at radius 3 is 2.45 bits per heavy atom. The third kappa shape index (κ3) is 5.13. The van der Waals surface area contributed by atoms with E-state index in [-0.39, 0.29) is 17.5 Å². The van der Waals surface area contributed by atoms with Crippen molar-refractivity contribution in [2.75, 3.05) is 0 Å². The van der Waals surface area contributed by atoms with Crippen LogP contribution in [0.25, 0.3) is 0 Å². The molecule has 4 nitrogen and oxygen atoms in total. The lowest BCUT2D eigenvalue weighted by Gasteiger charge is -2.24. The molecule has 3 N–H and O–H groups in total. The highest BCUT2D eigenvalue weighted by atomic mass is 79.9. The Bertz CT molecular complexity index is 481. The van der Waals surface area contributed by atoms with Gasteiger partial charge in [0.1, 0.15) is 5.75 Å². The number of hydrogen-bond acceptors (Lipinski definition) is 3. The van der Waals surface area contributed by atoms with Gasteiger partial charge in [-0.3, -0.25) is 4.79 Å². The second-order valence-corrected chi connectivity index (χ2v) is 6.89. The average molecular weight is 343 g/mol. The molecule has 0 fully saturated rings. The minimum absolute atomic E-state index is 0.143. The maximum Gasteiger partial charge on any atom is 0.261 e. The molecule has 0 radical (unpaired) electrons. The van der Waals surface area contributed by atoms with Gasteiger partial charge in [0.05, 0.1) is 0 Å². The molecular weight excluding hydrogens is 320 g/mol. The number of halogens is 1. The fourth-order valence-corrected chi connectivity index (χ4v) is 2.08. The first-order valence-corrected chi connectivity index (χ1v) is 7.43. The van der Waals surface area contributed by atoms with Crippen molar-refractivity contribution in [3.8, 4) is 5.75 Å². The van der Waals surface area contributed by atoms with Crippen LogP contribution in [-0.2, 0) is 4.79 Å². The summed E-state index contributed by atoms with van der Waals surface area (Å²) in [5.41, 5.74) is 6.53. The molecule has 1 unspecified atom stereocenters. The van der Waals surface area contributed by atoms with Crippen LogP contribution in [-0.4, -0.2) is 17.6 Å². The lowest BCUT2D eigenvalue weighted by atomic mass is 10.1. The van der Waals surface area contributed by atoms with E-state index >= 15 is 0 Å². The van der Waals surface area contributed by atoms with Crippen LogP contribution in [0.4, 0.5) is 0 Å². The Kier molecular flexibility index (Phi) is 5.59. The van der Waals surface area contributed by atoms with Gasteiger partial charge in [-0.1, -0.05) is 15.9 Å². The van der Waals surface area contributed by atoms with E-state index in [9.17, 15) is 4.79 Å². The normalized spacial score (nSPS) is 14.6. The van der Waals surface area contributed by atoms with Crippen molar-refractivity contribution in [1.29, 1.82) is 0 Å². The molecule has 0 saturated heterocycles. The second-order valence-electron chi connectivity index (χ2n) is 5.97. The summed E-state index contributed by atoms with van der Waals surface area (Å²) >= 11 is 3.41. The molecule has 1 aromatic carbocycles. The SMILES string of the molecule is CC(Oc1ccc(Br)cc1[C@@H](C)N)C(=O)NC(C)(C)C. The molecule has 0 saturated carbocycles. The highest BCUT2D eigenvalue weighted by Gasteiger charge is 2.21. The molecule has 0 aliphatic carbocycles. The zero-order valence-electron chi connectivity index (χ0n) is 12.7. The van der Waals surface area contributed by atoms with E-state index in [1.165, 1.54) is 0 Å². The van der Waals surface area contributed by atoms with Crippen LogP contribution < -0.4 is 15.8 Å². The average Bonchev–Trinajstić information content (AvgIpc) is 2.28. The first-order chi connectivity index (χ1) is 9.10. The van der Waals surface area contributed by atoms with Gasteiger partial charge in [0.15, 0.2) is 6.10 Å². The van der Waals surface area contributed by atoms with Crippen molar-refractivity contribution < 1.29 is 9.53 Å². The summed E-state index contributed by atoms with van der Waals surface area (Å²) in [6, 6.07) is 5.44. The van der Waals surface area contributed by atoms with Crippen LogP contribution in [0.1, 0.15) is 46.2 Å². The Balaban J connectivity index is 2.85.